The van der Waals surface area contributed by atoms with Crippen LogP contribution < -0.4 is 5.73 Å². The summed E-state index contributed by atoms with van der Waals surface area (Å²) in [7, 11) is 0. The molecule has 0 saturated carbocycles. The minimum atomic E-state index is 0.00902. The molecule has 0 aliphatic heterocycles. The van der Waals surface area contributed by atoms with E-state index >= 15 is 0 Å². The van der Waals surface area contributed by atoms with Crippen molar-refractivity contribution in [2.75, 3.05) is 12.3 Å². The van der Waals surface area contributed by atoms with E-state index < -0.39 is 0 Å². The van der Waals surface area contributed by atoms with Crippen LogP contribution in [0.15, 0.2) is 24.7 Å². The van der Waals surface area contributed by atoms with Crippen LogP contribution in [0, 0.1) is 0 Å². The summed E-state index contributed by atoms with van der Waals surface area (Å²) < 4.78 is 1.54. The summed E-state index contributed by atoms with van der Waals surface area (Å²) in [5, 5.41) is 13.0. The van der Waals surface area contributed by atoms with E-state index in [0.717, 1.165) is 0 Å². The van der Waals surface area contributed by atoms with Gasteiger partial charge in [-0.05, 0) is 6.07 Å². The summed E-state index contributed by atoms with van der Waals surface area (Å²) in [5.74, 6) is 0.512. The lowest BCUT2D eigenvalue weighted by Crippen LogP contribution is -2.07. The first kappa shape index (κ1) is 9.60. The SMILES string of the molecule is Nc1cc(-c2ccncn2)nn1CCO. The fraction of sp³-hybridized carbons (Fsp3) is 0.222. The summed E-state index contributed by atoms with van der Waals surface area (Å²) in [6.07, 6.45) is 3.10. The Morgan fingerprint density at radius 3 is 2.93 bits per heavy atom. The maximum atomic E-state index is 8.78. The van der Waals surface area contributed by atoms with E-state index in [1.165, 1.54) is 11.0 Å². The van der Waals surface area contributed by atoms with Gasteiger partial charge >= 0.3 is 0 Å². The number of aromatic nitrogens is 4. The Morgan fingerprint density at radius 1 is 1.40 bits per heavy atom. The molecule has 0 unspecified atom stereocenters. The van der Waals surface area contributed by atoms with Gasteiger partial charge in [-0.2, -0.15) is 5.10 Å². The Balaban J connectivity index is 2.34. The Hall–Kier alpha value is -1.95. The Bertz CT molecular complexity index is 439. The van der Waals surface area contributed by atoms with E-state index in [-0.39, 0.29) is 6.61 Å². The van der Waals surface area contributed by atoms with Gasteiger partial charge in [0.05, 0.1) is 18.8 Å². The smallest absolute Gasteiger partial charge is 0.122 e. The third kappa shape index (κ3) is 1.94. The predicted octanol–water partition coefficient (Wildman–Crippen LogP) is -0.0854. The highest BCUT2D eigenvalue weighted by Gasteiger charge is 2.06. The molecule has 78 valence electrons. The highest BCUT2D eigenvalue weighted by molar-refractivity contribution is 5.57. The molecule has 0 aliphatic carbocycles. The Kier molecular flexibility index (Phi) is 2.59. The van der Waals surface area contributed by atoms with Crippen LogP contribution in [0.4, 0.5) is 5.82 Å². The summed E-state index contributed by atoms with van der Waals surface area (Å²) in [6, 6.07) is 3.48. The molecule has 2 heterocycles. The summed E-state index contributed by atoms with van der Waals surface area (Å²) >= 11 is 0. The zero-order valence-electron chi connectivity index (χ0n) is 8.04. The summed E-state index contributed by atoms with van der Waals surface area (Å²) in [6.45, 7) is 0.395. The standard InChI is InChI=1S/C9H11N5O/c10-9-5-8(13-14(9)3-4-15)7-1-2-11-6-12-7/h1-2,5-6,15H,3-4,10H2. The molecule has 0 fully saturated rings. The van der Waals surface area contributed by atoms with Crippen molar-refractivity contribution in [1.82, 2.24) is 19.7 Å². The largest absolute Gasteiger partial charge is 0.394 e. The zero-order chi connectivity index (χ0) is 10.7. The van der Waals surface area contributed by atoms with E-state index in [2.05, 4.69) is 15.1 Å². The van der Waals surface area contributed by atoms with Crippen molar-refractivity contribution in [2.24, 2.45) is 0 Å². The molecular weight excluding hydrogens is 194 g/mol. The lowest BCUT2D eigenvalue weighted by Gasteiger charge is -1.98. The van der Waals surface area contributed by atoms with Gasteiger partial charge in [0.25, 0.3) is 0 Å². The van der Waals surface area contributed by atoms with Gasteiger partial charge in [-0.3, -0.25) is 0 Å². The molecule has 0 amide bonds. The van der Waals surface area contributed by atoms with Crippen molar-refractivity contribution < 1.29 is 5.11 Å². The number of nitrogens with zero attached hydrogens (tertiary/aromatic N) is 4. The molecule has 0 radical (unpaired) electrons. The normalized spacial score (nSPS) is 10.5. The first-order chi connectivity index (χ1) is 7.31. The van der Waals surface area contributed by atoms with Gasteiger partial charge < -0.3 is 10.8 Å². The molecule has 0 spiro atoms. The van der Waals surface area contributed by atoms with Crippen molar-refractivity contribution in [2.45, 2.75) is 6.54 Å². The van der Waals surface area contributed by atoms with E-state index in [1.54, 1.807) is 18.3 Å². The number of hydrogen-bond donors (Lipinski definition) is 2. The van der Waals surface area contributed by atoms with Crippen LogP contribution in [0.5, 0.6) is 0 Å². The third-order valence-electron chi connectivity index (χ3n) is 1.97. The molecule has 6 nitrogen and oxygen atoms in total. The van der Waals surface area contributed by atoms with Crippen LogP contribution in [0.1, 0.15) is 0 Å². The van der Waals surface area contributed by atoms with Crippen LogP contribution in [-0.2, 0) is 6.54 Å². The van der Waals surface area contributed by atoms with Crippen molar-refractivity contribution in [3.8, 4) is 11.4 Å². The number of anilines is 1. The number of nitrogen functional groups attached to an aromatic ring is 1. The Morgan fingerprint density at radius 2 is 2.27 bits per heavy atom. The number of aliphatic hydroxyl groups is 1. The minimum Gasteiger partial charge on any atom is -0.394 e. The highest BCUT2D eigenvalue weighted by atomic mass is 16.3. The fourth-order valence-corrected chi connectivity index (χ4v) is 1.27. The van der Waals surface area contributed by atoms with Crippen molar-refractivity contribution in [3.05, 3.63) is 24.7 Å². The topological polar surface area (TPSA) is 89.9 Å². The van der Waals surface area contributed by atoms with Crippen molar-refractivity contribution in [1.29, 1.82) is 0 Å². The molecule has 2 aromatic heterocycles. The number of rotatable bonds is 3. The molecule has 0 atom stereocenters. The lowest BCUT2D eigenvalue weighted by molar-refractivity contribution is 0.270. The maximum Gasteiger partial charge on any atom is 0.122 e. The predicted molar refractivity (Wildman–Crippen MR) is 54.8 cm³/mol. The molecule has 2 rings (SSSR count). The van der Waals surface area contributed by atoms with Crippen molar-refractivity contribution >= 4 is 5.82 Å². The van der Waals surface area contributed by atoms with Crippen LogP contribution in [0.3, 0.4) is 0 Å². The second kappa shape index (κ2) is 4.05. The Labute approximate surface area is 86.4 Å². The van der Waals surface area contributed by atoms with Gasteiger partial charge in [-0.15, -0.1) is 0 Å². The van der Waals surface area contributed by atoms with Crippen LogP contribution in [0.2, 0.25) is 0 Å². The molecular formula is C9H11N5O. The van der Waals surface area contributed by atoms with E-state index in [0.29, 0.717) is 23.8 Å². The molecule has 6 heteroatoms. The van der Waals surface area contributed by atoms with Crippen LogP contribution >= 0.6 is 0 Å². The van der Waals surface area contributed by atoms with E-state index in [1.807, 2.05) is 0 Å². The third-order valence-corrected chi connectivity index (χ3v) is 1.97. The summed E-state index contributed by atoms with van der Waals surface area (Å²) in [4.78, 5) is 7.88. The maximum absolute atomic E-state index is 8.78. The van der Waals surface area contributed by atoms with Crippen molar-refractivity contribution in [3.63, 3.8) is 0 Å². The van der Waals surface area contributed by atoms with Gasteiger partial charge in [-0.25, -0.2) is 14.6 Å². The number of aliphatic hydroxyl groups excluding tert-OH is 1. The molecule has 0 bridgehead atoms. The second-order valence-electron chi connectivity index (χ2n) is 3.00. The molecule has 0 aliphatic rings. The molecule has 3 N–H and O–H groups in total. The second-order valence-corrected chi connectivity index (χ2v) is 3.00. The van der Waals surface area contributed by atoms with E-state index in [9.17, 15) is 0 Å². The van der Waals surface area contributed by atoms with Gasteiger partial charge in [0.1, 0.15) is 17.8 Å². The molecule has 0 saturated heterocycles. The zero-order valence-corrected chi connectivity index (χ0v) is 8.04. The average Bonchev–Trinajstić information content (AvgIpc) is 2.63. The quantitative estimate of drug-likeness (QED) is 0.731. The summed E-state index contributed by atoms with van der Waals surface area (Å²) in [5.41, 5.74) is 7.11. The number of hydrogen-bond acceptors (Lipinski definition) is 5. The molecule has 15 heavy (non-hydrogen) atoms. The molecule has 0 aromatic carbocycles. The van der Waals surface area contributed by atoms with E-state index in [4.69, 9.17) is 10.8 Å². The fourth-order valence-electron chi connectivity index (χ4n) is 1.27. The average molecular weight is 205 g/mol. The van der Waals surface area contributed by atoms with Gasteiger partial charge in [0, 0.05) is 12.3 Å². The monoisotopic (exact) mass is 205 g/mol. The van der Waals surface area contributed by atoms with Gasteiger partial charge in [0.15, 0.2) is 0 Å². The first-order valence-electron chi connectivity index (χ1n) is 4.52. The van der Waals surface area contributed by atoms with Crippen LogP contribution in [-0.4, -0.2) is 31.5 Å². The molecule has 2 aromatic rings. The minimum absolute atomic E-state index is 0.00902. The van der Waals surface area contributed by atoms with Gasteiger partial charge in [-0.1, -0.05) is 0 Å². The lowest BCUT2D eigenvalue weighted by atomic mass is 10.3. The highest BCUT2D eigenvalue weighted by Crippen LogP contribution is 2.16. The first-order valence-corrected chi connectivity index (χ1v) is 4.52. The van der Waals surface area contributed by atoms with Crippen LogP contribution in [0.25, 0.3) is 11.4 Å². The van der Waals surface area contributed by atoms with Gasteiger partial charge in [0.2, 0.25) is 0 Å². The number of nitrogens with two attached hydrogens (primary N) is 1.